The molecule has 1 aliphatic rings. The van der Waals surface area contributed by atoms with E-state index >= 15 is 0 Å². The summed E-state index contributed by atoms with van der Waals surface area (Å²) in [5.74, 6) is 0.0670. The van der Waals surface area contributed by atoms with Gasteiger partial charge in [0.1, 0.15) is 23.1 Å². The SMILES string of the molecule is COC(=O)c1ccc(CNc2nn(C)c3c(C(=O)NCc4ccc5c(c4)NC(=O)CO5)ncnc23)cc1. The zero-order valence-corrected chi connectivity index (χ0v) is 20.1. The van der Waals surface area contributed by atoms with Crippen LogP contribution in [-0.4, -0.2) is 51.2 Å². The van der Waals surface area contributed by atoms with Crippen LogP contribution in [0.2, 0.25) is 0 Å². The Morgan fingerprint density at radius 1 is 1.11 bits per heavy atom. The van der Waals surface area contributed by atoms with Gasteiger partial charge in [0.15, 0.2) is 18.1 Å². The van der Waals surface area contributed by atoms with Gasteiger partial charge in [-0.3, -0.25) is 14.3 Å². The van der Waals surface area contributed by atoms with E-state index in [1.54, 1.807) is 36.0 Å². The molecule has 0 atom stereocenters. The lowest BCUT2D eigenvalue weighted by Gasteiger charge is -2.18. The fourth-order valence-corrected chi connectivity index (χ4v) is 3.96. The number of hydrogen-bond acceptors (Lipinski definition) is 9. The molecule has 12 nitrogen and oxygen atoms in total. The number of carbonyl (C=O) groups excluding carboxylic acids is 3. The molecule has 12 heteroatoms. The predicted octanol–water partition coefficient (Wildman–Crippen LogP) is 2.02. The number of ether oxygens (including phenoxy) is 2. The smallest absolute Gasteiger partial charge is 0.337 e. The van der Waals surface area contributed by atoms with E-state index in [0.29, 0.717) is 40.4 Å². The summed E-state index contributed by atoms with van der Waals surface area (Å²) >= 11 is 0. The van der Waals surface area contributed by atoms with Crippen molar-refractivity contribution in [2.24, 2.45) is 7.05 Å². The van der Waals surface area contributed by atoms with Crippen molar-refractivity contribution in [2.75, 3.05) is 24.4 Å². The minimum atomic E-state index is -0.398. The Morgan fingerprint density at radius 2 is 1.89 bits per heavy atom. The number of methoxy groups -OCH3 is 1. The molecule has 0 saturated carbocycles. The first-order valence-corrected chi connectivity index (χ1v) is 11.4. The van der Waals surface area contributed by atoms with Gasteiger partial charge in [-0.25, -0.2) is 14.8 Å². The number of aromatic nitrogens is 4. The zero-order chi connectivity index (χ0) is 25.9. The molecule has 0 unspecified atom stereocenters. The third-order valence-electron chi connectivity index (χ3n) is 5.80. The molecule has 2 aromatic heterocycles. The van der Waals surface area contributed by atoms with Crippen molar-refractivity contribution in [2.45, 2.75) is 13.1 Å². The van der Waals surface area contributed by atoms with E-state index in [9.17, 15) is 14.4 Å². The molecule has 0 aliphatic carbocycles. The number of hydrogen-bond donors (Lipinski definition) is 3. The van der Waals surface area contributed by atoms with Crippen molar-refractivity contribution in [1.82, 2.24) is 25.1 Å². The van der Waals surface area contributed by atoms with Crippen molar-refractivity contribution < 1.29 is 23.9 Å². The van der Waals surface area contributed by atoms with E-state index in [4.69, 9.17) is 9.47 Å². The standard InChI is InChI=1S/C25H23N7O5/c1-32-22-20(23(31-32)26-10-14-3-6-16(7-4-14)25(35)36-2)28-13-29-21(22)24(34)27-11-15-5-8-18-17(9-15)30-19(33)12-37-18/h3-9,13H,10-12H2,1-2H3,(H,26,31)(H,27,34)(H,30,33). The lowest BCUT2D eigenvalue weighted by atomic mass is 10.1. The summed E-state index contributed by atoms with van der Waals surface area (Å²) in [4.78, 5) is 44.7. The van der Waals surface area contributed by atoms with Crippen LogP contribution in [-0.2, 0) is 29.7 Å². The number of nitrogens with one attached hydrogen (secondary N) is 3. The van der Waals surface area contributed by atoms with Crippen LogP contribution in [0.15, 0.2) is 48.8 Å². The molecule has 0 fully saturated rings. The molecule has 0 radical (unpaired) electrons. The van der Waals surface area contributed by atoms with E-state index in [2.05, 4.69) is 31.0 Å². The summed E-state index contributed by atoms with van der Waals surface area (Å²) in [5, 5.41) is 13.3. The van der Waals surface area contributed by atoms with Gasteiger partial charge >= 0.3 is 5.97 Å². The van der Waals surface area contributed by atoms with Crippen molar-refractivity contribution >= 4 is 40.3 Å². The number of amides is 2. The molecule has 37 heavy (non-hydrogen) atoms. The second-order valence-corrected chi connectivity index (χ2v) is 8.28. The summed E-state index contributed by atoms with van der Waals surface area (Å²) in [5.41, 5.74) is 3.90. The van der Waals surface area contributed by atoms with Gasteiger partial charge in [0.05, 0.1) is 18.4 Å². The first-order chi connectivity index (χ1) is 17.9. The number of nitrogens with zero attached hydrogens (tertiary/aromatic N) is 4. The van der Waals surface area contributed by atoms with E-state index in [1.807, 2.05) is 18.2 Å². The second kappa shape index (κ2) is 9.93. The van der Waals surface area contributed by atoms with Crippen LogP contribution in [0.3, 0.4) is 0 Å². The lowest BCUT2D eigenvalue weighted by molar-refractivity contribution is -0.118. The third kappa shape index (κ3) is 4.89. The molecule has 3 N–H and O–H groups in total. The highest BCUT2D eigenvalue weighted by molar-refractivity contribution is 6.05. The molecule has 1 aliphatic heterocycles. The van der Waals surface area contributed by atoms with Crippen molar-refractivity contribution in [3.8, 4) is 5.75 Å². The number of rotatable bonds is 7. The highest BCUT2D eigenvalue weighted by Crippen LogP contribution is 2.28. The minimum Gasteiger partial charge on any atom is -0.482 e. The third-order valence-corrected chi connectivity index (χ3v) is 5.80. The lowest BCUT2D eigenvalue weighted by Crippen LogP contribution is -2.26. The quantitative estimate of drug-likeness (QED) is 0.323. The minimum absolute atomic E-state index is 0.0178. The predicted molar refractivity (Wildman–Crippen MR) is 133 cm³/mol. The monoisotopic (exact) mass is 501 g/mol. The molecule has 188 valence electrons. The van der Waals surface area contributed by atoms with Crippen LogP contribution >= 0.6 is 0 Å². The molecule has 5 rings (SSSR count). The van der Waals surface area contributed by atoms with Gasteiger partial charge in [-0.1, -0.05) is 18.2 Å². The van der Waals surface area contributed by atoms with Crippen LogP contribution < -0.4 is 20.7 Å². The maximum Gasteiger partial charge on any atom is 0.337 e. The van der Waals surface area contributed by atoms with Crippen LogP contribution in [0.25, 0.3) is 11.0 Å². The number of benzene rings is 2. The van der Waals surface area contributed by atoms with E-state index in [1.165, 1.54) is 13.4 Å². The Morgan fingerprint density at radius 3 is 2.68 bits per heavy atom. The highest BCUT2D eigenvalue weighted by atomic mass is 16.5. The Hall–Kier alpha value is -5.00. The Balaban J connectivity index is 1.29. The summed E-state index contributed by atoms with van der Waals surface area (Å²) in [6, 6.07) is 12.3. The largest absolute Gasteiger partial charge is 0.482 e. The average Bonchev–Trinajstić information content (AvgIpc) is 3.25. The van der Waals surface area contributed by atoms with Gasteiger partial charge < -0.3 is 25.4 Å². The Bertz CT molecular complexity index is 1510. The summed E-state index contributed by atoms with van der Waals surface area (Å²) in [7, 11) is 3.05. The fourth-order valence-electron chi connectivity index (χ4n) is 3.96. The van der Waals surface area contributed by atoms with Gasteiger partial charge in [0.25, 0.3) is 11.8 Å². The molecule has 3 heterocycles. The summed E-state index contributed by atoms with van der Waals surface area (Å²) in [6.07, 6.45) is 1.32. The van der Waals surface area contributed by atoms with Gasteiger partial charge in [-0.05, 0) is 35.4 Å². The number of aryl methyl sites for hydroxylation is 1. The number of fused-ring (bicyclic) bond motifs is 2. The molecule has 0 spiro atoms. The summed E-state index contributed by atoms with van der Waals surface area (Å²) in [6.45, 7) is 0.631. The van der Waals surface area contributed by atoms with Gasteiger partial charge in [-0.2, -0.15) is 5.10 Å². The fraction of sp³-hybridized carbons (Fsp3) is 0.200. The van der Waals surface area contributed by atoms with Crippen LogP contribution in [0.5, 0.6) is 5.75 Å². The molecule has 4 aromatic rings. The molecule has 0 saturated heterocycles. The van der Waals surface area contributed by atoms with Crippen LogP contribution in [0.1, 0.15) is 32.0 Å². The van der Waals surface area contributed by atoms with E-state index in [0.717, 1.165) is 11.1 Å². The number of carbonyl (C=O) groups is 3. The normalized spacial score (nSPS) is 12.3. The first kappa shape index (κ1) is 23.7. The number of esters is 1. The first-order valence-electron chi connectivity index (χ1n) is 11.4. The van der Waals surface area contributed by atoms with Crippen molar-refractivity contribution in [3.05, 3.63) is 71.2 Å². The zero-order valence-electron chi connectivity index (χ0n) is 20.1. The molecular weight excluding hydrogens is 478 g/mol. The van der Waals surface area contributed by atoms with Gasteiger partial charge in [0, 0.05) is 20.1 Å². The molecule has 0 bridgehead atoms. The van der Waals surface area contributed by atoms with Gasteiger partial charge in [0.2, 0.25) is 0 Å². The maximum atomic E-state index is 13.0. The molecule has 2 aromatic carbocycles. The average molecular weight is 502 g/mol. The topological polar surface area (TPSA) is 149 Å². The number of anilines is 2. The Kier molecular flexibility index (Phi) is 6.37. The van der Waals surface area contributed by atoms with Crippen LogP contribution in [0.4, 0.5) is 11.5 Å². The second-order valence-electron chi connectivity index (χ2n) is 8.28. The van der Waals surface area contributed by atoms with E-state index in [-0.39, 0.29) is 24.8 Å². The molecular formula is C25H23N7O5. The van der Waals surface area contributed by atoms with Crippen molar-refractivity contribution in [3.63, 3.8) is 0 Å². The maximum absolute atomic E-state index is 13.0. The van der Waals surface area contributed by atoms with Gasteiger partial charge in [-0.15, -0.1) is 0 Å². The van der Waals surface area contributed by atoms with Crippen molar-refractivity contribution in [1.29, 1.82) is 0 Å². The van der Waals surface area contributed by atoms with E-state index < -0.39 is 11.9 Å². The highest BCUT2D eigenvalue weighted by Gasteiger charge is 2.20. The summed E-state index contributed by atoms with van der Waals surface area (Å²) < 4.78 is 11.6. The molecule has 2 amide bonds. The Labute approximate surface area is 211 Å². The van der Waals surface area contributed by atoms with Crippen LogP contribution in [0, 0.1) is 0 Å².